The van der Waals surface area contributed by atoms with Gasteiger partial charge in [-0.2, -0.15) is 0 Å². The van der Waals surface area contributed by atoms with Crippen LogP contribution in [0.2, 0.25) is 0 Å². The number of hydrogen-bond acceptors (Lipinski definition) is 8. The van der Waals surface area contributed by atoms with Crippen LogP contribution in [0.5, 0.6) is 5.75 Å². The Balaban J connectivity index is 1.96. The van der Waals surface area contributed by atoms with Crippen molar-refractivity contribution in [2.45, 2.75) is 0 Å². The largest absolute Gasteiger partial charge is 0.497 e. The van der Waals surface area contributed by atoms with Crippen LogP contribution >= 0.6 is 11.3 Å². The molecule has 0 fully saturated rings. The highest BCUT2D eigenvalue weighted by Gasteiger charge is 2.26. The molecule has 2 heterocycles. The molecule has 0 aliphatic rings. The molecule has 0 unspecified atom stereocenters. The van der Waals surface area contributed by atoms with E-state index in [0.29, 0.717) is 29.5 Å². The molecule has 142 valence electrons. The number of rotatable bonds is 7. The molecule has 3 rings (SSSR count). The van der Waals surface area contributed by atoms with Crippen molar-refractivity contribution in [3.05, 3.63) is 46.2 Å². The maximum Gasteiger partial charge on any atom is 0.433 e. The third-order valence-electron chi connectivity index (χ3n) is 3.81. The number of carbonyl (C=O) groups excluding carboxylic acids is 1. The van der Waals surface area contributed by atoms with Crippen LogP contribution in [0.25, 0.3) is 10.2 Å². The number of amides is 1. The number of hydrogen-bond donors (Lipinski definition) is 0. The molecule has 0 atom stereocenters. The van der Waals surface area contributed by atoms with Gasteiger partial charge in [-0.3, -0.25) is 19.8 Å². The summed E-state index contributed by atoms with van der Waals surface area (Å²) in [4.78, 5) is 31.0. The number of likely N-dealkylation sites (N-methyl/N-ethyl adjacent to an activating group) is 1. The zero-order chi connectivity index (χ0) is 19.6. The Labute approximate surface area is 158 Å². The highest BCUT2D eigenvalue weighted by Crippen LogP contribution is 2.32. The first-order valence-electron chi connectivity index (χ1n) is 8.04. The lowest BCUT2D eigenvalue weighted by Gasteiger charge is -2.20. The van der Waals surface area contributed by atoms with Gasteiger partial charge in [-0.15, -0.1) is 0 Å². The van der Waals surface area contributed by atoms with Crippen molar-refractivity contribution in [1.82, 2.24) is 9.88 Å². The van der Waals surface area contributed by atoms with Crippen LogP contribution in [0.4, 0.5) is 11.0 Å². The summed E-state index contributed by atoms with van der Waals surface area (Å²) in [5.74, 6) is -0.375. The van der Waals surface area contributed by atoms with Crippen molar-refractivity contribution >= 4 is 38.5 Å². The van der Waals surface area contributed by atoms with Crippen LogP contribution in [0, 0.1) is 10.1 Å². The predicted octanol–water partition coefficient (Wildman–Crippen LogP) is 3.01. The fourth-order valence-corrected chi connectivity index (χ4v) is 3.37. The average Bonchev–Trinajstić information content (AvgIpc) is 3.27. The molecule has 0 saturated carbocycles. The summed E-state index contributed by atoms with van der Waals surface area (Å²) in [6.07, 6.45) is 0. The first-order chi connectivity index (χ1) is 12.9. The second-order valence-electron chi connectivity index (χ2n) is 5.99. The number of benzene rings is 1. The summed E-state index contributed by atoms with van der Waals surface area (Å²) in [5, 5.41) is 11.3. The summed E-state index contributed by atoms with van der Waals surface area (Å²) in [5.41, 5.74) is 0.711. The van der Waals surface area contributed by atoms with Gasteiger partial charge in [0.1, 0.15) is 10.7 Å². The van der Waals surface area contributed by atoms with Gasteiger partial charge < -0.3 is 14.1 Å². The van der Waals surface area contributed by atoms with E-state index >= 15 is 0 Å². The predicted molar refractivity (Wildman–Crippen MR) is 102 cm³/mol. The molecule has 3 aromatic rings. The quantitative estimate of drug-likeness (QED) is 0.451. The lowest BCUT2D eigenvalue weighted by molar-refractivity contribution is -0.402. The highest BCUT2D eigenvalue weighted by molar-refractivity contribution is 7.22. The zero-order valence-electron chi connectivity index (χ0n) is 15.0. The number of methoxy groups -OCH3 is 1. The lowest BCUT2D eigenvalue weighted by Crippen LogP contribution is -2.36. The SMILES string of the molecule is COc1ccc2sc(N(CCN(C)C)C(=O)c3ccc([N+](=O)[O-])o3)nc2c1. The molecule has 0 N–H and O–H groups in total. The van der Waals surface area contributed by atoms with Gasteiger partial charge in [-0.25, -0.2) is 4.98 Å². The number of thiazole rings is 1. The van der Waals surface area contributed by atoms with Crippen LogP contribution < -0.4 is 9.64 Å². The molecule has 1 aromatic carbocycles. The Morgan fingerprint density at radius 3 is 2.70 bits per heavy atom. The van der Waals surface area contributed by atoms with Gasteiger partial charge >= 0.3 is 5.88 Å². The van der Waals surface area contributed by atoms with Crippen LogP contribution in [-0.2, 0) is 0 Å². The summed E-state index contributed by atoms with van der Waals surface area (Å²) >= 11 is 1.36. The van der Waals surface area contributed by atoms with Crippen molar-refractivity contribution in [2.75, 3.05) is 39.2 Å². The van der Waals surface area contributed by atoms with E-state index < -0.39 is 16.7 Å². The number of ether oxygens (including phenoxy) is 1. The van der Waals surface area contributed by atoms with Gasteiger partial charge in [-0.1, -0.05) is 11.3 Å². The maximum absolute atomic E-state index is 12.9. The number of aromatic nitrogens is 1. The Morgan fingerprint density at radius 2 is 2.07 bits per heavy atom. The minimum absolute atomic E-state index is 0.0997. The normalized spacial score (nSPS) is 11.1. The first kappa shape index (κ1) is 18.8. The third-order valence-corrected chi connectivity index (χ3v) is 4.87. The molecular formula is C17H18N4O5S. The smallest absolute Gasteiger partial charge is 0.433 e. The van der Waals surface area contributed by atoms with Crippen LogP contribution in [0.3, 0.4) is 0 Å². The molecule has 27 heavy (non-hydrogen) atoms. The van der Waals surface area contributed by atoms with E-state index in [1.165, 1.54) is 28.4 Å². The molecule has 0 aliphatic heterocycles. The van der Waals surface area contributed by atoms with E-state index in [-0.39, 0.29) is 5.76 Å². The Morgan fingerprint density at radius 1 is 1.30 bits per heavy atom. The number of furan rings is 1. The highest BCUT2D eigenvalue weighted by atomic mass is 32.1. The monoisotopic (exact) mass is 390 g/mol. The van der Waals surface area contributed by atoms with E-state index in [0.717, 1.165) is 4.70 Å². The van der Waals surface area contributed by atoms with Crippen molar-refractivity contribution in [2.24, 2.45) is 0 Å². The van der Waals surface area contributed by atoms with Gasteiger partial charge in [0.05, 0.1) is 23.4 Å². The summed E-state index contributed by atoms with van der Waals surface area (Å²) in [7, 11) is 5.36. The van der Waals surface area contributed by atoms with E-state index in [4.69, 9.17) is 9.15 Å². The molecule has 0 saturated heterocycles. The summed E-state index contributed by atoms with van der Waals surface area (Å²) < 4.78 is 11.2. The Bertz CT molecular complexity index is 981. The van der Waals surface area contributed by atoms with Gasteiger partial charge in [0.15, 0.2) is 10.9 Å². The van der Waals surface area contributed by atoms with E-state index in [9.17, 15) is 14.9 Å². The topological polar surface area (TPSA) is 102 Å². The number of carbonyl (C=O) groups is 1. The van der Waals surface area contributed by atoms with Crippen molar-refractivity contribution in [3.8, 4) is 5.75 Å². The number of fused-ring (bicyclic) bond motifs is 1. The molecule has 1 amide bonds. The van der Waals surface area contributed by atoms with Gasteiger partial charge in [0.2, 0.25) is 0 Å². The second-order valence-corrected chi connectivity index (χ2v) is 6.99. The fourth-order valence-electron chi connectivity index (χ4n) is 2.40. The van der Waals surface area contributed by atoms with Gasteiger partial charge in [0.25, 0.3) is 5.91 Å². The number of nitro groups is 1. The summed E-state index contributed by atoms with van der Waals surface area (Å²) in [6, 6.07) is 7.97. The average molecular weight is 390 g/mol. The van der Waals surface area contributed by atoms with Crippen molar-refractivity contribution in [3.63, 3.8) is 0 Å². The van der Waals surface area contributed by atoms with Crippen molar-refractivity contribution < 1.29 is 18.9 Å². The Hall–Kier alpha value is -2.98. The second kappa shape index (κ2) is 7.72. The van der Waals surface area contributed by atoms with Crippen molar-refractivity contribution in [1.29, 1.82) is 0 Å². The van der Waals surface area contributed by atoms with Crippen LogP contribution in [0.15, 0.2) is 34.7 Å². The first-order valence-corrected chi connectivity index (χ1v) is 8.86. The van der Waals surface area contributed by atoms with Gasteiger partial charge in [0, 0.05) is 19.2 Å². The number of anilines is 1. The minimum atomic E-state index is -0.676. The number of nitrogens with zero attached hydrogens (tertiary/aromatic N) is 4. The maximum atomic E-state index is 12.9. The molecule has 0 aliphatic carbocycles. The molecule has 10 heteroatoms. The zero-order valence-corrected chi connectivity index (χ0v) is 15.9. The van der Waals surface area contributed by atoms with E-state index in [2.05, 4.69) is 4.98 Å². The lowest BCUT2D eigenvalue weighted by atomic mass is 10.3. The standard InChI is InChI=1S/C17H18N4O5S/c1-19(2)8-9-20(16(22)13-5-7-15(26-13)21(23)24)17-18-12-10-11(25-3)4-6-14(12)27-17/h4-7,10H,8-9H2,1-3H3. The molecular weight excluding hydrogens is 372 g/mol. The minimum Gasteiger partial charge on any atom is -0.497 e. The van der Waals surface area contributed by atoms with E-state index in [1.54, 1.807) is 13.2 Å². The fraction of sp³-hybridized carbons (Fsp3) is 0.294. The third kappa shape index (κ3) is 4.07. The molecule has 2 aromatic heterocycles. The molecule has 0 bridgehead atoms. The van der Waals surface area contributed by atoms with E-state index in [1.807, 2.05) is 31.1 Å². The molecule has 0 radical (unpaired) electrons. The van der Waals surface area contributed by atoms with Gasteiger partial charge in [-0.05, 0) is 32.3 Å². The Kier molecular flexibility index (Phi) is 5.38. The molecule has 9 nitrogen and oxygen atoms in total. The molecule has 0 spiro atoms. The summed E-state index contributed by atoms with van der Waals surface area (Å²) in [6.45, 7) is 0.949. The van der Waals surface area contributed by atoms with Crippen LogP contribution in [-0.4, -0.2) is 55.0 Å². The van der Waals surface area contributed by atoms with Crippen LogP contribution in [0.1, 0.15) is 10.6 Å².